The molecule has 0 bridgehead atoms. The van der Waals surface area contributed by atoms with E-state index in [-0.39, 0.29) is 0 Å². The lowest BCUT2D eigenvalue weighted by Crippen LogP contribution is -2.05. The number of pyridine rings is 1. The fraction of sp³-hybridized carbons (Fsp3) is 0.143. The lowest BCUT2D eigenvalue weighted by Gasteiger charge is -2.12. The number of para-hydroxylation sites is 1. The van der Waals surface area contributed by atoms with Crippen molar-refractivity contribution in [3.8, 4) is 23.0 Å². The molecule has 0 saturated heterocycles. The normalized spacial score (nSPS) is 10.8. The molecule has 2 aromatic carbocycles. The number of rotatable bonds is 6. The molecular formula is C21H20N2O5. The standard InChI is InChI=1S/C21H20N2O5/c1-25-16-11-13(12-17(26-2)21(16)27-3)7-10-19(24)28-15-6-4-5-14-8-9-18(22)23-20(14)15/h4-12H,1-3H3,(H2,22,23)/b10-7+. The molecule has 0 aliphatic carbocycles. The molecule has 1 heterocycles. The van der Waals surface area contributed by atoms with Crippen LogP contribution in [0.3, 0.4) is 0 Å². The first kappa shape index (κ1) is 19.0. The van der Waals surface area contributed by atoms with Gasteiger partial charge in [-0.15, -0.1) is 0 Å². The summed E-state index contributed by atoms with van der Waals surface area (Å²) in [5.41, 5.74) is 6.95. The number of benzene rings is 2. The van der Waals surface area contributed by atoms with E-state index in [4.69, 9.17) is 24.7 Å². The summed E-state index contributed by atoms with van der Waals surface area (Å²) in [6.07, 6.45) is 2.91. The third-order valence-electron chi connectivity index (χ3n) is 4.01. The average molecular weight is 380 g/mol. The summed E-state index contributed by atoms with van der Waals surface area (Å²) in [5, 5.41) is 0.827. The molecule has 28 heavy (non-hydrogen) atoms. The number of fused-ring (bicyclic) bond motifs is 1. The van der Waals surface area contributed by atoms with E-state index < -0.39 is 5.97 Å². The van der Waals surface area contributed by atoms with Gasteiger partial charge in [-0.25, -0.2) is 9.78 Å². The largest absolute Gasteiger partial charge is 0.493 e. The Balaban J connectivity index is 1.84. The molecule has 0 aliphatic rings. The predicted molar refractivity (Wildman–Crippen MR) is 107 cm³/mol. The number of hydrogen-bond donors (Lipinski definition) is 1. The van der Waals surface area contributed by atoms with Crippen LogP contribution in [0.5, 0.6) is 23.0 Å². The SMILES string of the molecule is COc1cc(/C=C/C(=O)Oc2cccc3ccc(N)nc23)cc(OC)c1OC. The van der Waals surface area contributed by atoms with Gasteiger partial charge in [0.05, 0.1) is 21.3 Å². The van der Waals surface area contributed by atoms with Crippen molar-refractivity contribution in [3.05, 3.63) is 54.1 Å². The highest BCUT2D eigenvalue weighted by Gasteiger charge is 2.13. The topological polar surface area (TPSA) is 92.9 Å². The van der Waals surface area contributed by atoms with Crippen molar-refractivity contribution in [1.82, 2.24) is 4.98 Å². The first-order valence-electron chi connectivity index (χ1n) is 8.41. The molecule has 7 nitrogen and oxygen atoms in total. The predicted octanol–water partition coefficient (Wildman–Crippen LogP) is 3.46. The third-order valence-corrected chi connectivity index (χ3v) is 4.01. The van der Waals surface area contributed by atoms with Gasteiger partial charge in [0.25, 0.3) is 0 Å². The number of ether oxygens (including phenoxy) is 4. The lowest BCUT2D eigenvalue weighted by atomic mass is 10.1. The summed E-state index contributed by atoms with van der Waals surface area (Å²) in [4.78, 5) is 16.5. The number of hydrogen-bond acceptors (Lipinski definition) is 7. The van der Waals surface area contributed by atoms with Gasteiger partial charge in [-0.1, -0.05) is 12.1 Å². The molecule has 0 amide bonds. The molecule has 0 radical (unpaired) electrons. The molecule has 0 aliphatic heterocycles. The Morgan fingerprint density at radius 2 is 1.68 bits per heavy atom. The molecule has 3 aromatic rings. The number of anilines is 1. The molecule has 0 spiro atoms. The van der Waals surface area contributed by atoms with Gasteiger partial charge in [0, 0.05) is 11.5 Å². The number of nitrogens with zero attached hydrogens (tertiary/aromatic N) is 1. The van der Waals surface area contributed by atoms with Gasteiger partial charge >= 0.3 is 5.97 Å². The van der Waals surface area contributed by atoms with E-state index >= 15 is 0 Å². The van der Waals surface area contributed by atoms with E-state index in [1.54, 1.807) is 36.4 Å². The molecule has 7 heteroatoms. The van der Waals surface area contributed by atoms with Crippen LogP contribution < -0.4 is 24.7 Å². The van der Waals surface area contributed by atoms with Crippen molar-refractivity contribution >= 4 is 28.8 Å². The molecule has 0 unspecified atom stereocenters. The zero-order chi connectivity index (χ0) is 20.1. The molecule has 1 aromatic heterocycles. The van der Waals surface area contributed by atoms with Gasteiger partial charge in [0.15, 0.2) is 17.2 Å². The van der Waals surface area contributed by atoms with Gasteiger partial charge in [-0.3, -0.25) is 0 Å². The van der Waals surface area contributed by atoms with Crippen LogP contribution >= 0.6 is 0 Å². The fourth-order valence-electron chi connectivity index (χ4n) is 2.72. The first-order valence-corrected chi connectivity index (χ1v) is 8.41. The minimum atomic E-state index is -0.550. The monoisotopic (exact) mass is 380 g/mol. The van der Waals surface area contributed by atoms with Crippen LogP contribution in [0.1, 0.15) is 5.56 Å². The van der Waals surface area contributed by atoms with Crippen LogP contribution in [0.4, 0.5) is 5.82 Å². The summed E-state index contributed by atoms with van der Waals surface area (Å²) < 4.78 is 21.3. The Labute approximate surface area is 162 Å². The Morgan fingerprint density at radius 3 is 2.32 bits per heavy atom. The van der Waals surface area contributed by atoms with Crippen molar-refractivity contribution in [3.63, 3.8) is 0 Å². The van der Waals surface area contributed by atoms with Gasteiger partial charge in [-0.05, 0) is 42.0 Å². The van der Waals surface area contributed by atoms with Crippen LogP contribution in [0.25, 0.3) is 17.0 Å². The maximum Gasteiger partial charge on any atom is 0.336 e. The molecule has 0 fully saturated rings. The quantitative estimate of drug-likeness (QED) is 0.398. The van der Waals surface area contributed by atoms with E-state index in [0.717, 1.165) is 5.39 Å². The van der Waals surface area contributed by atoms with Gasteiger partial charge < -0.3 is 24.7 Å². The fourth-order valence-corrected chi connectivity index (χ4v) is 2.72. The number of nitrogens with two attached hydrogens (primary N) is 1. The van der Waals surface area contributed by atoms with E-state index in [9.17, 15) is 4.79 Å². The minimum Gasteiger partial charge on any atom is -0.493 e. The summed E-state index contributed by atoms with van der Waals surface area (Å²) >= 11 is 0. The molecule has 144 valence electrons. The van der Waals surface area contributed by atoms with Gasteiger partial charge in [-0.2, -0.15) is 0 Å². The van der Waals surface area contributed by atoms with Crippen molar-refractivity contribution < 1.29 is 23.7 Å². The van der Waals surface area contributed by atoms with Crippen LogP contribution in [0.2, 0.25) is 0 Å². The number of esters is 1. The van der Waals surface area contributed by atoms with Crippen molar-refractivity contribution in [1.29, 1.82) is 0 Å². The maximum atomic E-state index is 12.3. The van der Waals surface area contributed by atoms with Crippen LogP contribution in [0.15, 0.2) is 48.5 Å². The van der Waals surface area contributed by atoms with Gasteiger partial charge in [0.2, 0.25) is 5.75 Å². The van der Waals surface area contributed by atoms with E-state index in [0.29, 0.717) is 39.9 Å². The third kappa shape index (κ3) is 3.98. The highest BCUT2D eigenvalue weighted by Crippen LogP contribution is 2.38. The number of carbonyl (C=O) groups excluding carboxylic acids is 1. The minimum absolute atomic E-state index is 0.337. The van der Waals surface area contributed by atoms with E-state index in [2.05, 4.69) is 4.98 Å². The smallest absolute Gasteiger partial charge is 0.336 e. The van der Waals surface area contributed by atoms with Crippen LogP contribution in [-0.4, -0.2) is 32.3 Å². The maximum absolute atomic E-state index is 12.3. The van der Waals surface area contributed by atoms with Crippen molar-refractivity contribution in [2.24, 2.45) is 0 Å². The van der Waals surface area contributed by atoms with Gasteiger partial charge in [0.1, 0.15) is 11.3 Å². The van der Waals surface area contributed by atoms with E-state index in [1.165, 1.54) is 27.4 Å². The summed E-state index contributed by atoms with van der Waals surface area (Å²) in [6.45, 7) is 0. The molecule has 0 saturated carbocycles. The second kappa shape index (κ2) is 8.30. The Bertz CT molecular complexity index is 1020. The number of methoxy groups -OCH3 is 3. The Hall–Kier alpha value is -3.74. The van der Waals surface area contributed by atoms with E-state index in [1.807, 2.05) is 12.1 Å². The second-order valence-electron chi connectivity index (χ2n) is 5.78. The lowest BCUT2D eigenvalue weighted by molar-refractivity contribution is -0.128. The van der Waals surface area contributed by atoms with Crippen LogP contribution in [0, 0.1) is 0 Å². The summed E-state index contributed by atoms with van der Waals surface area (Å²) in [7, 11) is 4.58. The average Bonchev–Trinajstić information content (AvgIpc) is 2.71. The van der Waals surface area contributed by atoms with Crippen molar-refractivity contribution in [2.45, 2.75) is 0 Å². The Kier molecular flexibility index (Phi) is 5.64. The molecule has 0 atom stereocenters. The highest BCUT2D eigenvalue weighted by molar-refractivity contribution is 5.93. The molecular weight excluding hydrogens is 360 g/mol. The van der Waals surface area contributed by atoms with Crippen LogP contribution in [-0.2, 0) is 4.79 Å². The zero-order valence-corrected chi connectivity index (χ0v) is 15.8. The summed E-state index contributed by atoms with van der Waals surface area (Å²) in [6, 6.07) is 12.3. The second-order valence-corrected chi connectivity index (χ2v) is 5.78. The zero-order valence-electron chi connectivity index (χ0n) is 15.8. The van der Waals surface area contributed by atoms with Crippen molar-refractivity contribution in [2.75, 3.05) is 27.1 Å². The Morgan fingerprint density at radius 1 is 0.964 bits per heavy atom. The molecule has 3 rings (SSSR count). The number of carbonyl (C=O) groups is 1. The number of aromatic nitrogens is 1. The molecule has 2 N–H and O–H groups in total. The number of nitrogen functional groups attached to an aromatic ring is 1. The highest BCUT2D eigenvalue weighted by atomic mass is 16.5. The summed E-state index contributed by atoms with van der Waals surface area (Å²) in [5.74, 6) is 1.59. The first-order chi connectivity index (χ1) is 13.5.